The topological polar surface area (TPSA) is 23.8 Å². The third kappa shape index (κ3) is 2.25. The van der Waals surface area contributed by atoms with Gasteiger partial charge in [0.25, 0.3) is 0 Å². The van der Waals surface area contributed by atoms with Crippen LogP contribution in [0.3, 0.4) is 0 Å². The summed E-state index contributed by atoms with van der Waals surface area (Å²) in [6, 6.07) is 6.60. The van der Waals surface area contributed by atoms with E-state index >= 15 is 0 Å². The van der Waals surface area contributed by atoms with E-state index in [0.717, 1.165) is 12.1 Å². The minimum absolute atomic E-state index is 0.378. The number of hydrogen-bond acceptors (Lipinski definition) is 1. The molecule has 1 rings (SSSR count). The molecule has 1 aromatic carbocycles. The average Bonchev–Trinajstić information content (AvgIpc) is 2.15. The average molecular weight is 199 g/mol. The second-order valence-electron chi connectivity index (χ2n) is 2.97. The lowest BCUT2D eigenvalue weighted by atomic mass is 10.0. The minimum atomic E-state index is -4.31. The quantitative estimate of drug-likeness (QED) is 0.680. The predicted octanol–water partition coefficient (Wildman–Crippen LogP) is 3.33. The van der Waals surface area contributed by atoms with Crippen LogP contribution in [0.2, 0.25) is 0 Å². The summed E-state index contributed by atoms with van der Waals surface area (Å²) in [6.07, 6.45) is -4.31. The summed E-state index contributed by atoms with van der Waals surface area (Å²) in [5.74, 6) is -0.378. The van der Waals surface area contributed by atoms with E-state index in [4.69, 9.17) is 5.26 Å². The van der Waals surface area contributed by atoms with Crippen molar-refractivity contribution in [3.63, 3.8) is 0 Å². The van der Waals surface area contributed by atoms with Crippen LogP contribution in [0, 0.1) is 11.3 Å². The summed E-state index contributed by atoms with van der Waals surface area (Å²) in [5.41, 5.74) is -0.0908. The largest absolute Gasteiger partial charge is 0.416 e. The Labute approximate surface area is 79.8 Å². The van der Waals surface area contributed by atoms with Crippen LogP contribution in [-0.2, 0) is 6.18 Å². The SMILES string of the molecule is CC(C#N)c1ccc(C(F)(F)F)cc1. The zero-order valence-corrected chi connectivity index (χ0v) is 7.47. The number of benzene rings is 1. The Hall–Kier alpha value is -1.50. The van der Waals surface area contributed by atoms with Gasteiger partial charge in [-0.2, -0.15) is 18.4 Å². The molecule has 0 saturated carbocycles. The first-order valence-electron chi connectivity index (χ1n) is 4.02. The lowest BCUT2D eigenvalue weighted by Gasteiger charge is -2.08. The van der Waals surface area contributed by atoms with Crippen LogP contribution >= 0.6 is 0 Å². The van der Waals surface area contributed by atoms with Crippen molar-refractivity contribution in [2.24, 2.45) is 0 Å². The molecule has 0 aliphatic carbocycles. The molecule has 74 valence electrons. The maximum Gasteiger partial charge on any atom is 0.416 e. The van der Waals surface area contributed by atoms with Crippen molar-refractivity contribution >= 4 is 0 Å². The van der Waals surface area contributed by atoms with E-state index in [1.54, 1.807) is 6.92 Å². The Balaban J connectivity index is 2.96. The molecule has 1 nitrogen and oxygen atoms in total. The fourth-order valence-electron chi connectivity index (χ4n) is 1.04. The Kier molecular flexibility index (Phi) is 2.80. The van der Waals surface area contributed by atoms with E-state index in [2.05, 4.69) is 0 Å². The first-order valence-corrected chi connectivity index (χ1v) is 4.02. The summed E-state index contributed by atoms with van der Waals surface area (Å²) in [5, 5.41) is 8.55. The van der Waals surface area contributed by atoms with E-state index in [0.29, 0.717) is 5.56 Å². The van der Waals surface area contributed by atoms with Crippen LogP contribution in [0.4, 0.5) is 13.2 Å². The third-order valence-electron chi connectivity index (χ3n) is 1.93. The maximum atomic E-state index is 12.1. The first-order chi connectivity index (χ1) is 6.45. The molecule has 1 unspecified atom stereocenters. The molecule has 0 bridgehead atoms. The van der Waals surface area contributed by atoms with Gasteiger partial charge in [0.05, 0.1) is 17.6 Å². The zero-order valence-electron chi connectivity index (χ0n) is 7.47. The van der Waals surface area contributed by atoms with Gasteiger partial charge in [-0.15, -0.1) is 0 Å². The summed E-state index contributed by atoms with van der Waals surface area (Å²) in [7, 11) is 0. The highest BCUT2D eigenvalue weighted by Crippen LogP contribution is 2.29. The fourth-order valence-corrected chi connectivity index (χ4v) is 1.04. The van der Waals surface area contributed by atoms with Crippen LogP contribution in [0.25, 0.3) is 0 Å². The second-order valence-corrected chi connectivity index (χ2v) is 2.97. The van der Waals surface area contributed by atoms with Crippen molar-refractivity contribution in [1.82, 2.24) is 0 Å². The summed E-state index contributed by atoms with van der Waals surface area (Å²) >= 11 is 0. The Morgan fingerprint density at radius 2 is 1.71 bits per heavy atom. The van der Waals surface area contributed by atoms with Crippen LogP contribution in [-0.4, -0.2) is 0 Å². The molecule has 14 heavy (non-hydrogen) atoms. The summed E-state index contributed by atoms with van der Waals surface area (Å²) in [6.45, 7) is 1.64. The van der Waals surface area contributed by atoms with Gasteiger partial charge in [-0.3, -0.25) is 0 Å². The van der Waals surface area contributed by atoms with Gasteiger partial charge in [0.1, 0.15) is 0 Å². The molecule has 0 amide bonds. The second kappa shape index (κ2) is 3.70. The number of alkyl halides is 3. The molecule has 0 saturated heterocycles. The lowest BCUT2D eigenvalue weighted by molar-refractivity contribution is -0.137. The molecule has 0 spiro atoms. The number of halogens is 3. The van der Waals surface area contributed by atoms with E-state index < -0.39 is 11.7 Å². The molecule has 0 aliphatic rings. The van der Waals surface area contributed by atoms with Gasteiger partial charge < -0.3 is 0 Å². The lowest BCUT2D eigenvalue weighted by Crippen LogP contribution is -2.04. The van der Waals surface area contributed by atoms with Gasteiger partial charge in [0.15, 0.2) is 0 Å². The van der Waals surface area contributed by atoms with Gasteiger partial charge in [-0.25, -0.2) is 0 Å². The van der Waals surface area contributed by atoms with E-state index in [1.807, 2.05) is 6.07 Å². The Morgan fingerprint density at radius 1 is 1.21 bits per heavy atom. The van der Waals surface area contributed by atoms with Crippen molar-refractivity contribution in [1.29, 1.82) is 5.26 Å². The van der Waals surface area contributed by atoms with Gasteiger partial charge in [-0.05, 0) is 24.6 Å². The molecule has 1 aromatic rings. The number of nitriles is 1. The maximum absolute atomic E-state index is 12.1. The zero-order chi connectivity index (χ0) is 10.8. The molecule has 0 N–H and O–H groups in total. The molecule has 1 atom stereocenters. The van der Waals surface area contributed by atoms with Crippen molar-refractivity contribution in [2.75, 3.05) is 0 Å². The minimum Gasteiger partial charge on any atom is -0.198 e. The van der Waals surface area contributed by atoms with Crippen molar-refractivity contribution < 1.29 is 13.2 Å². The fraction of sp³-hybridized carbons (Fsp3) is 0.300. The highest BCUT2D eigenvalue weighted by atomic mass is 19.4. The highest BCUT2D eigenvalue weighted by molar-refractivity contribution is 5.29. The standard InChI is InChI=1S/C10H8F3N/c1-7(6-14)8-2-4-9(5-3-8)10(11,12)13/h2-5,7H,1H3. The summed E-state index contributed by atoms with van der Waals surface area (Å²) < 4.78 is 36.4. The number of hydrogen-bond donors (Lipinski definition) is 0. The van der Waals surface area contributed by atoms with Crippen LogP contribution in [0.1, 0.15) is 24.0 Å². The smallest absolute Gasteiger partial charge is 0.198 e. The van der Waals surface area contributed by atoms with Gasteiger partial charge in [-0.1, -0.05) is 12.1 Å². The molecule has 4 heteroatoms. The van der Waals surface area contributed by atoms with E-state index in [9.17, 15) is 13.2 Å². The van der Waals surface area contributed by atoms with Gasteiger partial charge in [0.2, 0.25) is 0 Å². The third-order valence-corrected chi connectivity index (χ3v) is 1.93. The molecule has 0 heterocycles. The molecule has 0 fully saturated rings. The van der Waals surface area contributed by atoms with Crippen LogP contribution in [0.5, 0.6) is 0 Å². The highest BCUT2D eigenvalue weighted by Gasteiger charge is 2.30. The molecule has 0 aliphatic heterocycles. The van der Waals surface area contributed by atoms with Gasteiger partial charge >= 0.3 is 6.18 Å². The molecular formula is C10H8F3N. The first kappa shape index (κ1) is 10.6. The molecular weight excluding hydrogens is 191 g/mol. The normalized spacial score (nSPS) is 13.4. The van der Waals surface area contributed by atoms with Crippen molar-refractivity contribution in [3.05, 3.63) is 35.4 Å². The van der Waals surface area contributed by atoms with E-state index in [1.165, 1.54) is 12.1 Å². The number of nitrogens with zero attached hydrogens (tertiary/aromatic N) is 1. The Bertz CT molecular complexity index is 345. The van der Waals surface area contributed by atoms with Crippen LogP contribution in [0.15, 0.2) is 24.3 Å². The monoisotopic (exact) mass is 199 g/mol. The summed E-state index contributed by atoms with van der Waals surface area (Å²) in [4.78, 5) is 0. The molecule has 0 aromatic heterocycles. The van der Waals surface area contributed by atoms with Crippen molar-refractivity contribution in [2.45, 2.75) is 19.0 Å². The molecule has 0 radical (unpaired) electrons. The Morgan fingerprint density at radius 3 is 2.07 bits per heavy atom. The number of rotatable bonds is 1. The van der Waals surface area contributed by atoms with Gasteiger partial charge in [0, 0.05) is 0 Å². The van der Waals surface area contributed by atoms with Crippen molar-refractivity contribution in [3.8, 4) is 6.07 Å². The predicted molar refractivity (Wildman–Crippen MR) is 45.5 cm³/mol. The van der Waals surface area contributed by atoms with Crippen LogP contribution < -0.4 is 0 Å². The van der Waals surface area contributed by atoms with E-state index in [-0.39, 0.29) is 5.92 Å².